The summed E-state index contributed by atoms with van der Waals surface area (Å²) in [5.41, 5.74) is -0.398. The van der Waals surface area contributed by atoms with Crippen LogP contribution in [-0.4, -0.2) is 39.3 Å². The van der Waals surface area contributed by atoms with Crippen molar-refractivity contribution in [3.8, 4) is 0 Å². The summed E-state index contributed by atoms with van der Waals surface area (Å²) in [7, 11) is 0. The molecule has 0 aliphatic heterocycles. The monoisotopic (exact) mass is 406 g/mol. The van der Waals surface area contributed by atoms with Gasteiger partial charge in [0.15, 0.2) is 0 Å². The molecule has 0 spiro atoms. The van der Waals surface area contributed by atoms with Gasteiger partial charge in [0, 0.05) is 18.3 Å². The van der Waals surface area contributed by atoms with Gasteiger partial charge in [0.05, 0.1) is 12.2 Å². The smallest absolute Gasteiger partial charge is 0.303 e. The van der Waals surface area contributed by atoms with E-state index in [0.717, 1.165) is 38.5 Å². The van der Waals surface area contributed by atoms with Crippen molar-refractivity contribution in [2.45, 2.75) is 90.8 Å². The van der Waals surface area contributed by atoms with Crippen LogP contribution in [0.4, 0.5) is 0 Å². The van der Waals surface area contributed by atoms with Gasteiger partial charge in [-0.3, -0.25) is 9.59 Å². The van der Waals surface area contributed by atoms with E-state index in [1.165, 1.54) is 0 Å². The Bertz CT molecular complexity index is 676. The molecule has 4 saturated carbocycles. The summed E-state index contributed by atoms with van der Waals surface area (Å²) in [5.74, 6) is 0.855. The second-order valence-corrected chi connectivity index (χ2v) is 11.2. The van der Waals surface area contributed by atoms with Gasteiger partial charge in [0.2, 0.25) is 0 Å². The normalized spacial score (nSPS) is 50.4. The molecule has 0 heterocycles. The highest BCUT2D eigenvalue weighted by molar-refractivity contribution is 5.87. The summed E-state index contributed by atoms with van der Waals surface area (Å²) >= 11 is 0. The number of carbonyl (C=O) groups excluding carboxylic acids is 1. The average molecular weight is 407 g/mol. The Morgan fingerprint density at radius 1 is 1.14 bits per heavy atom. The molecule has 0 radical (unpaired) electrons. The molecule has 0 saturated heterocycles. The van der Waals surface area contributed by atoms with E-state index in [1.54, 1.807) is 0 Å². The van der Waals surface area contributed by atoms with Gasteiger partial charge in [-0.2, -0.15) is 0 Å². The summed E-state index contributed by atoms with van der Waals surface area (Å²) in [5, 5.41) is 30.5. The molecule has 0 bridgehead atoms. The molecule has 5 heteroatoms. The molecule has 4 aliphatic rings. The van der Waals surface area contributed by atoms with Gasteiger partial charge in [-0.25, -0.2) is 0 Å². The molecular formula is C24H38O5. The first-order chi connectivity index (χ1) is 13.6. The number of hydrogen-bond acceptors (Lipinski definition) is 4. The molecule has 0 aromatic carbocycles. The zero-order valence-corrected chi connectivity index (χ0v) is 18.1. The lowest BCUT2D eigenvalue weighted by Crippen LogP contribution is -2.61. The van der Waals surface area contributed by atoms with Crippen LogP contribution in [0.25, 0.3) is 0 Å². The summed E-state index contributed by atoms with van der Waals surface area (Å²) in [6.07, 6.45) is 5.82. The zero-order valence-electron chi connectivity index (χ0n) is 18.1. The van der Waals surface area contributed by atoms with Crippen LogP contribution in [0.3, 0.4) is 0 Å². The van der Waals surface area contributed by atoms with E-state index < -0.39 is 17.5 Å². The van der Waals surface area contributed by atoms with Gasteiger partial charge in [-0.05, 0) is 85.9 Å². The van der Waals surface area contributed by atoms with Crippen LogP contribution in [0, 0.1) is 46.3 Å². The van der Waals surface area contributed by atoms with Crippen LogP contribution in [0.5, 0.6) is 0 Å². The van der Waals surface area contributed by atoms with Crippen molar-refractivity contribution >= 4 is 11.8 Å². The third kappa shape index (κ3) is 3.18. The molecule has 3 N–H and O–H groups in total. The van der Waals surface area contributed by atoms with Crippen LogP contribution < -0.4 is 0 Å². The third-order valence-electron chi connectivity index (χ3n) is 10.1. The summed E-state index contributed by atoms with van der Waals surface area (Å²) < 4.78 is 0. The maximum Gasteiger partial charge on any atom is 0.303 e. The highest BCUT2D eigenvalue weighted by Gasteiger charge is 2.65. The summed E-state index contributed by atoms with van der Waals surface area (Å²) in [6, 6.07) is 0. The third-order valence-corrected chi connectivity index (χ3v) is 10.1. The number of Topliss-reactive ketones (excluding diaryl/α,β-unsaturated/α-hetero) is 1. The number of carboxylic acid groups (broad SMARTS) is 1. The van der Waals surface area contributed by atoms with Crippen molar-refractivity contribution in [1.29, 1.82) is 0 Å². The van der Waals surface area contributed by atoms with Crippen molar-refractivity contribution in [2.75, 3.05) is 0 Å². The van der Waals surface area contributed by atoms with Crippen molar-refractivity contribution in [2.24, 2.45) is 46.3 Å². The fourth-order valence-electron chi connectivity index (χ4n) is 8.41. The maximum atomic E-state index is 13.6. The number of aliphatic carboxylic acids is 1. The van der Waals surface area contributed by atoms with Crippen molar-refractivity contribution in [1.82, 2.24) is 0 Å². The lowest BCUT2D eigenvalue weighted by molar-refractivity contribution is -0.181. The summed E-state index contributed by atoms with van der Waals surface area (Å²) in [6.45, 7) is 6.54. The van der Waals surface area contributed by atoms with Gasteiger partial charge in [0.1, 0.15) is 5.78 Å². The predicted molar refractivity (Wildman–Crippen MR) is 109 cm³/mol. The molecule has 10 atom stereocenters. The minimum absolute atomic E-state index is 0.0348. The number of carbonyl (C=O) groups is 2. The molecule has 29 heavy (non-hydrogen) atoms. The second kappa shape index (κ2) is 7.33. The summed E-state index contributed by atoms with van der Waals surface area (Å²) in [4.78, 5) is 24.7. The number of aliphatic hydroxyl groups is 2. The van der Waals surface area contributed by atoms with E-state index in [4.69, 9.17) is 5.11 Å². The molecular weight excluding hydrogens is 368 g/mol. The molecule has 4 fully saturated rings. The molecule has 0 aromatic rings. The first-order valence-corrected chi connectivity index (χ1v) is 11.7. The number of aliphatic hydroxyl groups excluding tert-OH is 2. The fourth-order valence-corrected chi connectivity index (χ4v) is 8.41. The molecule has 4 aliphatic carbocycles. The predicted octanol–water partition coefficient (Wildman–Crippen LogP) is 3.66. The molecule has 0 aromatic heterocycles. The Morgan fingerprint density at radius 3 is 2.55 bits per heavy atom. The number of ketones is 1. The van der Waals surface area contributed by atoms with E-state index in [2.05, 4.69) is 20.8 Å². The van der Waals surface area contributed by atoms with E-state index >= 15 is 0 Å². The standard InChI is InChI=1S/C24H38O5/c1-13(4-7-21(28)29)16-5-6-17-22-18(12-20(27)24(16,17)3)23(2)9-8-15(25)10-14(23)11-19(22)26/h13-19,22,25-26H,4-12H2,1-3H3,(H,28,29)/t13-,14-,15+,16-,17+,18+,19+,22+,23+,24-/m1/s1. The topological polar surface area (TPSA) is 94.8 Å². The zero-order chi connectivity index (χ0) is 21.1. The SMILES string of the molecule is C[C@H](CCC(=O)O)[C@H]1CC[C@H]2[C@@H]3[C@@H](O)C[C@H]4C[C@@H](O)CC[C@]4(C)[C@H]3CC(=O)[C@]12C. The Morgan fingerprint density at radius 2 is 1.86 bits per heavy atom. The van der Waals surface area contributed by atoms with Crippen LogP contribution in [0.15, 0.2) is 0 Å². The molecule has 4 rings (SSSR count). The quantitative estimate of drug-likeness (QED) is 0.662. The maximum absolute atomic E-state index is 13.6. The van der Waals surface area contributed by atoms with Gasteiger partial charge < -0.3 is 15.3 Å². The van der Waals surface area contributed by atoms with E-state index in [9.17, 15) is 19.8 Å². The lowest BCUT2D eigenvalue weighted by atomic mass is 9.43. The van der Waals surface area contributed by atoms with Crippen molar-refractivity contribution in [3.05, 3.63) is 0 Å². The van der Waals surface area contributed by atoms with Crippen LogP contribution in [-0.2, 0) is 9.59 Å². The molecule has 0 unspecified atom stereocenters. The fraction of sp³-hybridized carbons (Fsp3) is 0.917. The minimum atomic E-state index is -0.771. The number of hydrogen-bond donors (Lipinski definition) is 3. The Balaban J connectivity index is 1.62. The van der Waals surface area contributed by atoms with Crippen LogP contribution in [0.1, 0.15) is 78.6 Å². The van der Waals surface area contributed by atoms with Gasteiger partial charge in [-0.15, -0.1) is 0 Å². The number of rotatable bonds is 4. The first kappa shape index (κ1) is 21.3. The Kier molecular flexibility index (Phi) is 5.39. The van der Waals surface area contributed by atoms with Gasteiger partial charge >= 0.3 is 5.97 Å². The van der Waals surface area contributed by atoms with Crippen molar-refractivity contribution < 1.29 is 24.9 Å². The highest BCUT2D eigenvalue weighted by atomic mass is 16.4. The van der Waals surface area contributed by atoms with Gasteiger partial charge in [0.25, 0.3) is 0 Å². The van der Waals surface area contributed by atoms with Crippen LogP contribution >= 0.6 is 0 Å². The number of fused-ring (bicyclic) bond motifs is 5. The Labute approximate surface area is 174 Å². The Hall–Kier alpha value is -0.940. The second-order valence-electron chi connectivity index (χ2n) is 11.2. The average Bonchev–Trinajstić information content (AvgIpc) is 3.01. The van der Waals surface area contributed by atoms with Crippen LogP contribution in [0.2, 0.25) is 0 Å². The highest BCUT2D eigenvalue weighted by Crippen LogP contribution is 2.67. The lowest BCUT2D eigenvalue weighted by Gasteiger charge is -2.61. The van der Waals surface area contributed by atoms with Crippen molar-refractivity contribution in [3.63, 3.8) is 0 Å². The van der Waals surface area contributed by atoms with E-state index in [0.29, 0.717) is 24.5 Å². The molecule has 5 nitrogen and oxygen atoms in total. The molecule has 0 amide bonds. The first-order valence-electron chi connectivity index (χ1n) is 11.7. The number of carboxylic acids is 1. The van der Waals surface area contributed by atoms with Gasteiger partial charge in [-0.1, -0.05) is 20.8 Å². The van der Waals surface area contributed by atoms with E-state index in [-0.39, 0.29) is 47.5 Å². The minimum Gasteiger partial charge on any atom is -0.481 e. The van der Waals surface area contributed by atoms with E-state index in [1.807, 2.05) is 0 Å². The largest absolute Gasteiger partial charge is 0.481 e. The molecule has 164 valence electrons.